The number of likely N-dealkylation sites (tertiary alicyclic amines) is 1. The molecule has 2 fully saturated rings. The maximum Gasteiger partial charge on any atom is 0.228 e. The lowest BCUT2D eigenvalue weighted by Gasteiger charge is -2.33. The molecule has 6 nitrogen and oxygen atoms in total. The number of piperidine rings is 1. The highest BCUT2D eigenvalue weighted by Gasteiger charge is 2.31. The summed E-state index contributed by atoms with van der Waals surface area (Å²) in [6, 6.07) is 1.78. The number of hydrogen-bond acceptors (Lipinski definition) is 5. The molecule has 6 heteroatoms. The number of ether oxygens (including phenoxy) is 2. The van der Waals surface area contributed by atoms with E-state index in [1.807, 2.05) is 11.8 Å². The molecule has 0 bridgehead atoms. The number of rotatable bonds is 3. The molecule has 0 N–H and O–H groups in total. The van der Waals surface area contributed by atoms with Crippen molar-refractivity contribution in [1.82, 2.24) is 14.9 Å². The maximum atomic E-state index is 12.3. The standard InChI is InChI=1S/C15H21N3O3/c1-11-16-6-2-14(17-11)21-13-3-7-18(8-4-13)15(19)12-5-9-20-10-12/h2,6,12-13H,3-5,7-10H2,1H3. The molecule has 0 saturated carbocycles. The van der Waals surface area contributed by atoms with Gasteiger partial charge in [-0.25, -0.2) is 4.98 Å². The minimum absolute atomic E-state index is 0.0620. The number of nitrogens with zero attached hydrogens (tertiary/aromatic N) is 3. The van der Waals surface area contributed by atoms with Crippen LogP contribution in [0.5, 0.6) is 5.88 Å². The number of carbonyl (C=O) groups excluding carboxylic acids is 1. The lowest BCUT2D eigenvalue weighted by Crippen LogP contribution is -2.44. The molecule has 1 atom stereocenters. The zero-order chi connectivity index (χ0) is 14.7. The van der Waals surface area contributed by atoms with Crippen molar-refractivity contribution in [3.63, 3.8) is 0 Å². The summed E-state index contributed by atoms with van der Waals surface area (Å²) in [6.07, 6.45) is 4.39. The first-order valence-electron chi connectivity index (χ1n) is 7.55. The molecule has 0 aromatic carbocycles. The molecule has 21 heavy (non-hydrogen) atoms. The van der Waals surface area contributed by atoms with E-state index in [1.165, 1.54) is 0 Å². The van der Waals surface area contributed by atoms with Gasteiger partial charge >= 0.3 is 0 Å². The molecule has 1 aromatic rings. The SMILES string of the molecule is Cc1nccc(OC2CCN(C(=O)C3CCOC3)CC2)n1. The Balaban J connectivity index is 1.49. The van der Waals surface area contributed by atoms with E-state index in [0.717, 1.165) is 32.4 Å². The number of hydrogen-bond donors (Lipinski definition) is 0. The van der Waals surface area contributed by atoms with E-state index in [4.69, 9.17) is 9.47 Å². The van der Waals surface area contributed by atoms with Crippen molar-refractivity contribution in [2.75, 3.05) is 26.3 Å². The van der Waals surface area contributed by atoms with Gasteiger partial charge in [0.1, 0.15) is 11.9 Å². The average Bonchev–Trinajstić information content (AvgIpc) is 3.01. The van der Waals surface area contributed by atoms with Crippen molar-refractivity contribution in [1.29, 1.82) is 0 Å². The van der Waals surface area contributed by atoms with Crippen LogP contribution < -0.4 is 4.74 Å². The maximum absolute atomic E-state index is 12.3. The van der Waals surface area contributed by atoms with Crippen molar-refractivity contribution in [2.45, 2.75) is 32.3 Å². The Hall–Kier alpha value is -1.69. The van der Waals surface area contributed by atoms with Crippen LogP contribution in [-0.2, 0) is 9.53 Å². The van der Waals surface area contributed by atoms with Crippen molar-refractivity contribution in [3.05, 3.63) is 18.1 Å². The molecular weight excluding hydrogens is 270 g/mol. The minimum atomic E-state index is 0.0620. The average molecular weight is 291 g/mol. The molecular formula is C15H21N3O3. The third kappa shape index (κ3) is 3.50. The first-order chi connectivity index (χ1) is 10.2. The van der Waals surface area contributed by atoms with Gasteiger partial charge in [-0.2, -0.15) is 4.98 Å². The zero-order valence-electron chi connectivity index (χ0n) is 12.3. The second-order valence-electron chi connectivity index (χ2n) is 5.65. The summed E-state index contributed by atoms with van der Waals surface area (Å²) in [6.45, 7) is 4.64. The first-order valence-corrected chi connectivity index (χ1v) is 7.55. The number of aromatic nitrogens is 2. The van der Waals surface area contributed by atoms with Crippen LogP contribution in [-0.4, -0.2) is 53.2 Å². The Morgan fingerprint density at radius 2 is 2.19 bits per heavy atom. The topological polar surface area (TPSA) is 64.5 Å². The molecule has 0 aliphatic carbocycles. The second kappa shape index (κ2) is 6.39. The summed E-state index contributed by atoms with van der Waals surface area (Å²) >= 11 is 0. The molecule has 3 rings (SSSR count). The zero-order valence-corrected chi connectivity index (χ0v) is 12.3. The highest BCUT2D eigenvalue weighted by atomic mass is 16.5. The van der Waals surface area contributed by atoms with Gasteiger partial charge in [0.05, 0.1) is 12.5 Å². The predicted molar refractivity (Wildman–Crippen MR) is 75.9 cm³/mol. The van der Waals surface area contributed by atoms with Crippen LogP contribution in [0.25, 0.3) is 0 Å². The van der Waals surface area contributed by atoms with Crippen molar-refractivity contribution < 1.29 is 14.3 Å². The molecule has 1 unspecified atom stereocenters. The van der Waals surface area contributed by atoms with Gasteiger partial charge in [-0.3, -0.25) is 4.79 Å². The predicted octanol–water partition coefficient (Wildman–Crippen LogP) is 1.19. The van der Waals surface area contributed by atoms with Crippen LogP contribution in [0.3, 0.4) is 0 Å². The van der Waals surface area contributed by atoms with Gasteiger partial charge in [0.15, 0.2) is 0 Å². The molecule has 1 aromatic heterocycles. The van der Waals surface area contributed by atoms with Crippen LogP contribution in [0.15, 0.2) is 12.3 Å². The highest BCUT2D eigenvalue weighted by Crippen LogP contribution is 2.21. The summed E-state index contributed by atoms with van der Waals surface area (Å²) in [5, 5.41) is 0. The molecule has 0 radical (unpaired) electrons. The fourth-order valence-corrected chi connectivity index (χ4v) is 2.85. The van der Waals surface area contributed by atoms with Gasteiger partial charge in [-0.15, -0.1) is 0 Å². The van der Waals surface area contributed by atoms with Gasteiger partial charge < -0.3 is 14.4 Å². The summed E-state index contributed by atoms with van der Waals surface area (Å²) < 4.78 is 11.2. The Labute approximate surface area is 124 Å². The van der Waals surface area contributed by atoms with E-state index in [9.17, 15) is 4.79 Å². The smallest absolute Gasteiger partial charge is 0.228 e. The van der Waals surface area contributed by atoms with E-state index in [1.54, 1.807) is 12.3 Å². The quantitative estimate of drug-likeness (QED) is 0.837. The van der Waals surface area contributed by atoms with E-state index in [0.29, 0.717) is 24.9 Å². The lowest BCUT2D eigenvalue weighted by atomic mass is 10.0. The van der Waals surface area contributed by atoms with Crippen LogP contribution in [0, 0.1) is 12.8 Å². The summed E-state index contributed by atoms with van der Waals surface area (Å²) in [5.41, 5.74) is 0. The normalized spacial score (nSPS) is 23.3. The lowest BCUT2D eigenvalue weighted by molar-refractivity contribution is -0.137. The Bertz CT molecular complexity index is 495. The number of carbonyl (C=O) groups is 1. The third-order valence-electron chi connectivity index (χ3n) is 4.07. The fourth-order valence-electron chi connectivity index (χ4n) is 2.85. The summed E-state index contributed by atoms with van der Waals surface area (Å²) in [5.74, 6) is 1.63. The Morgan fingerprint density at radius 1 is 1.38 bits per heavy atom. The minimum Gasteiger partial charge on any atom is -0.474 e. The number of aryl methyl sites for hydroxylation is 1. The van der Waals surface area contributed by atoms with Crippen LogP contribution in [0.1, 0.15) is 25.1 Å². The van der Waals surface area contributed by atoms with Crippen LogP contribution in [0.2, 0.25) is 0 Å². The van der Waals surface area contributed by atoms with Gasteiger partial charge in [-0.1, -0.05) is 0 Å². The molecule has 2 aliphatic heterocycles. The third-order valence-corrected chi connectivity index (χ3v) is 4.07. The summed E-state index contributed by atoms with van der Waals surface area (Å²) in [7, 11) is 0. The Morgan fingerprint density at radius 3 is 2.86 bits per heavy atom. The van der Waals surface area contributed by atoms with E-state index in [2.05, 4.69) is 9.97 Å². The molecule has 114 valence electrons. The molecule has 2 saturated heterocycles. The molecule has 2 aliphatic rings. The van der Waals surface area contributed by atoms with E-state index < -0.39 is 0 Å². The van der Waals surface area contributed by atoms with Crippen LogP contribution >= 0.6 is 0 Å². The first kappa shape index (κ1) is 14.3. The summed E-state index contributed by atoms with van der Waals surface area (Å²) in [4.78, 5) is 22.6. The van der Waals surface area contributed by atoms with Gasteiger partial charge in [0.25, 0.3) is 0 Å². The number of amides is 1. The molecule has 3 heterocycles. The monoisotopic (exact) mass is 291 g/mol. The molecule has 0 spiro atoms. The second-order valence-corrected chi connectivity index (χ2v) is 5.65. The van der Waals surface area contributed by atoms with E-state index in [-0.39, 0.29) is 17.9 Å². The van der Waals surface area contributed by atoms with Crippen LogP contribution in [0.4, 0.5) is 0 Å². The van der Waals surface area contributed by atoms with Crippen molar-refractivity contribution in [2.24, 2.45) is 5.92 Å². The Kier molecular flexibility index (Phi) is 4.34. The molecule has 1 amide bonds. The van der Waals surface area contributed by atoms with Gasteiger partial charge in [0.2, 0.25) is 11.8 Å². The highest BCUT2D eigenvalue weighted by molar-refractivity contribution is 5.79. The van der Waals surface area contributed by atoms with Crippen molar-refractivity contribution in [3.8, 4) is 5.88 Å². The van der Waals surface area contributed by atoms with Crippen molar-refractivity contribution >= 4 is 5.91 Å². The van der Waals surface area contributed by atoms with E-state index >= 15 is 0 Å². The van der Waals surface area contributed by atoms with Gasteiger partial charge in [0, 0.05) is 44.8 Å². The fraction of sp³-hybridized carbons (Fsp3) is 0.667. The largest absolute Gasteiger partial charge is 0.474 e. The van der Waals surface area contributed by atoms with Gasteiger partial charge in [-0.05, 0) is 13.3 Å².